The van der Waals surface area contributed by atoms with Gasteiger partial charge in [-0.2, -0.15) is 0 Å². The predicted octanol–water partition coefficient (Wildman–Crippen LogP) is 4.82. The van der Waals surface area contributed by atoms with E-state index in [1.54, 1.807) is 6.07 Å². The second-order valence-corrected chi connectivity index (χ2v) is 6.90. The Morgan fingerprint density at radius 2 is 1.54 bits per heavy atom. The third kappa shape index (κ3) is 4.26. The molecule has 28 heavy (non-hydrogen) atoms. The number of amides is 2. The maximum Gasteiger partial charge on any atom is 0.274 e. The van der Waals surface area contributed by atoms with Crippen molar-refractivity contribution in [1.29, 1.82) is 0 Å². The van der Waals surface area contributed by atoms with Crippen molar-refractivity contribution in [2.45, 2.75) is 27.7 Å². The number of hydrogen-bond donors (Lipinski definition) is 2. The van der Waals surface area contributed by atoms with Crippen molar-refractivity contribution in [1.82, 2.24) is 4.98 Å². The highest BCUT2D eigenvalue weighted by Gasteiger charge is 2.14. The molecule has 0 saturated heterocycles. The molecule has 5 heteroatoms. The van der Waals surface area contributed by atoms with Gasteiger partial charge in [-0.25, -0.2) is 0 Å². The van der Waals surface area contributed by atoms with Gasteiger partial charge in [-0.3, -0.25) is 14.6 Å². The van der Waals surface area contributed by atoms with Crippen molar-refractivity contribution >= 4 is 23.2 Å². The summed E-state index contributed by atoms with van der Waals surface area (Å²) in [6.45, 7) is 7.84. The summed E-state index contributed by atoms with van der Waals surface area (Å²) in [5.41, 5.74) is 6.17. The summed E-state index contributed by atoms with van der Waals surface area (Å²) in [7, 11) is 0. The standard InChI is InChI=1S/C23H23N3O2/c1-14-8-9-16(3)20(12-14)26-23(28)21-13-18(10-11-24-21)22(27)25-19-7-5-6-15(2)17(19)4/h5-13H,1-4H3,(H,25,27)(H,26,28). The van der Waals surface area contributed by atoms with Crippen LogP contribution >= 0.6 is 0 Å². The van der Waals surface area contributed by atoms with Gasteiger partial charge in [0.1, 0.15) is 5.69 Å². The topological polar surface area (TPSA) is 71.1 Å². The molecule has 0 atom stereocenters. The lowest BCUT2D eigenvalue weighted by Gasteiger charge is -2.11. The van der Waals surface area contributed by atoms with Crippen LogP contribution in [0, 0.1) is 27.7 Å². The highest BCUT2D eigenvalue weighted by molar-refractivity contribution is 6.08. The van der Waals surface area contributed by atoms with E-state index in [-0.39, 0.29) is 17.5 Å². The van der Waals surface area contributed by atoms with Crippen LogP contribution in [-0.2, 0) is 0 Å². The number of carbonyl (C=O) groups is 2. The zero-order valence-electron chi connectivity index (χ0n) is 16.5. The quantitative estimate of drug-likeness (QED) is 0.689. The largest absolute Gasteiger partial charge is 0.322 e. The molecule has 0 bridgehead atoms. The molecule has 2 N–H and O–H groups in total. The predicted molar refractivity (Wildman–Crippen MR) is 112 cm³/mol. The van der Waals surface area contributed by atoms with Crippen LogP contribution in [0.25, 0.3) is 0 Å². The van der Waals surface area contributed by atoms with Crippen molar-refractivity contribution in [3.05, 3.63) is 88.2 Å². The summed E-state index contributed by atoms with van der Waals surface area (Å²) in [6, 6.07) is 14.7. The number of benzene rings is 2. The molecule has 0 aliphatic heterocycles. The van der Waals surface area contributed by atoms with Gasteiger partial charge in [-0.15, -0.1) is 0 Å². The van der Waals surface area contributed by atoms with Gasteiger partial charge in [-0.05, 0) is 74.2 Å². The number of anilines is 2. The minimum Gasteiger partial charge on any atom is -0.322 e. The van der Waals surface area contributed by atoms with E-state index < -0.39 is 0 Å². The molecule has 5 nitrogen and oxygen atoms in total. The van der Waals surface area contributed by atoms with Crippen LogP contribution in [0.2, 0.25) is 0 Å². The van der Waals surface area contributed by atoms with Gasteiger partial charge in [0.2, 0.25) is 0 Å². The molecule has 0 radical (unpaired) electrons. The highest BCUT2D eigenvalue weighted by atomic mass is 16.2. The van der Waals surface area contributed by atoms with Gasteiger partial charge >= 0.3 is 0 Å². The molecule has 1 aromatic heterocycles. The Bertz CT molecular complexity index is 1030. The summed E-state index contributed by atoms with van der Waals surface area (Å²) in [4.78, 5) is 29.4. The van der Waals surface area contributed by atoms with E-state index in [4.69, 9.17) is 0 Å². The lowest BCUT2D eigenvalue weighted by molar-refractivity contribution is 0.102. The number of aromatic nitrogens is 1. The van der Waals surface area contributed by atoms with Crippen LogP contribution in [0.5, 0.6) is 0 Å². The third-order valence-corrected chi connectivity index (χ3v) is 4.75. The van der Waals surface area contributed by atoms with Gasteiger partial charge in [0.15, 0.2) is 0 Å². The van der Waals surface area contributed by atoms with E-state index >= 15 is 0 Å². The Morgan fingerprint density at radius 3 is 2.32 bits per heavy atom. The van der Waals surface area contributed by atoms with E-state index in [2.05, 4.69) is 15.6 Å². The first-order valence-corrected chi connectivity index (χ1v) is 9.07. The average molecular weight is 373 g/mol. The van der Waals surface area contributed by atoms with E-state index in [0.29, 0.717) is 5.56 Å². The highest BCUT2D eigenvalue weighted by Crippen LogP contribution is 2.20. The molecule has 0 aliphatic carbocycles. The fourth-order valence-corrected chi connectivity index (χ4v) is 2.83. The monoisotopic (exact) mass is 373 g/mol. The molecule has 3 rings (SSSR count). The maximum absolute atomic E-state index is 12.6. The van der Waals surface area contributed by atoms with E-state index in [9.17, 15) is 9.59 Å². The van der Waals surface area contributed by atoms with Crippen LogP contribution in [0.3, 0.4) is 0 Å². The van der Waals surface area contributed by atoms with E-state index in [1.807, 2.05) is 64.1 Å². The van der Waals surface area contributed by atoms with Gasteiger partial charge in [0, 0.05) is 23.1 Å². The molecule has 142 valence electrons. The fourth-order valence-electron chi connectivity index (χ4n) is 2.83. The molecule has 1 heterocycles. The SMILES string of the molecule is Cc1ccc(C)c(NC(=O)c2cc(C(=O)Nc3cccc(C)c3C)ccn2)c1. The molecule has 0 spiro atoms. The maximum atomic E-state index is 12.6. The Kier molecular flexibility index (Phi) is 5.54. The molecule has 0 fully saturated rings. The number of pyridine rings is 1. The lowest BCUT2D eigenvalue weighted by Crippen LogP contribution is -2.17. The first kappa shape index (κ1) is 19.3. The Labute approximate surface area is 164 Å². The number of rotatable bonds is 4. The molecular weight excluding hydrogens is 350 g/mol. The minimum atomic E-state index is -0.352. The molecule has 3 aromatic rings. The van der Waals surface area contributed by atoms with Gasteiger partial charge in [-0.1, -0.05) is 24.3 Å². The zero-order valence-corrected chi connectivity index (χ0v) is 16.5. The first-order valence-electron chi connectivity index (χ1n) is 9.07. The molecule has 0 aliphatic rings. The molecule has 0 unspecified atom stereocenters. The molecular formula is C23H23N3O2. The van der Waals surface area contributed by atoms with Gasteiger partial charge < -0.3 is 10.6 Å². The van der Waals surface area contributed by atoms with Crippen molar-refractivity contribution in [2.24, 2.45) is 0 Å². The molecule has 2 amide bonds. The summed E-state index contributed by atoms with van der Waals surface area (Å²) >= 11 is 0. The molecule has 0 saturated carbocycles. The van der Waals surface area contributed by atoms with E-state index in [1.165, 1.54) is 12.3 Å². The summed E-state index contributed by atoms with van der Waals surface area (Å²) in [5, 5.41) is 5.77. The summed E-state index contributed by atoms with van der Waals surface area (Å²) < 4.78 is 0. The summed E-state index contributed by atoms with van der Waals surface area (Å²) in [6.07, 6.45) is 1.47. The second kappa shape index (κ2) is 8.05. The van der Waals surface area contributed by atoms with Crippen molar-refractivity contribution < 1.29 is 9.59 Å². The Morgan fingerprint density at radius 1 is 0.786 bits per heavy atom. The molecule has 2 aromatic carbocycles. The van der Waals surface area contributed by atoms with Crippen molar-refractivity contribution in [3.63, 3.8) is 0 Å². The Balaban J connectivity index is 1.79. The second-order valence-electron chi connectivity index (χ2n) is 6.90. The number of nitrogens with zero attached hydrogens (tertiary/aromatic N) is 1. The smallest absolute Gasteiger partial charge is 0.274 e. The van der Waals surface area contributed by atoms with Crippen LogP contribution < -0.4 is 10.6 Å². The summed E-state index contributed by atoms with van der Waals surface area (Å²) in [5.74, 6) is -0.632. The number of carbonyl (C=O) groups excluding carboxylic acids is 2. The van der Waals surface area contributed by atoms with Gasteiger partial charge in [0.05, 0.1) is 0 Å². The van der Waals surface area contributed by atoms with Crippen LogP contribution in [0.15, 0.2) is 54.7 Å². The van der Waals surface area contributed by atoms with Gasteiger partial charge in [0.25, 0.3) is 11.8 Å². The number of nitrogens with one attached hydrogen (secondary N) is 2. The van der Waals surface area contributed by atoms with Crippen molar-refractivity contribution in [2.75, 3.05) is 10.6 Å². The van der Waals surface area contributed by atoms with E-state index in [0.717, 1.165) is 33.6 Å². The number of aryl methyl sites for hydroxylation is 3. The van der Waals surface area contributed by atoms with Crippen LogP contribution in [0.1, 0.15) is 43.1 Å². The normalized spacial score (nSPS) is 10.4. The Hall–Kier alpha value is -3.47. The van der Waals surface area contributed by atoms with Crippen molar-refractivity contribution in [3.8, 4) is 0 Å². The average Bonchev–Trinajstić information content (AvgIpc) is 2.68. The lowest BCUT2D eigenvalue weighted by atomic mass is 10.1. The van der Waals surface area contributed by atoms with Crippen LogP contribution in [-0.4, -0.2) is 16.8 Å². The minimum absolute atomic E-state index is 0.189. The third-order valence-electron chi connectivity index (χ3n) is 4.75. The fraction of sp³-hybridized carbons (Fsp3) is 0.174. The van der Waals surface area contributed by atoms with Crippen LogP contribution in [0.4, 0.5) is 11.4 Å². The zero-order chi connectivity index (χ0) is 20.3. The first-order chi connectivity index (χ1) is 13.3. The number of hydrogen-bond acceptors (Lipinski definition) is 3.